The number of unbranched alkanes of at least 4 members (excludes halogenated alkanes) is 1. The molecule has 2 saturated carbocycles. The van der Waals surface area contributed by atoms with Crippen LogP contribution in [-0.4, -0.2) is 10.5 Å². The predicted molar refractivity (Wildman–Crippen MR) is 53.8 cm³/mol. The van der Waals surface area contributed by atoms with Gasteiger partial charge >= 0.3 is 0 Å². The molecule has 0 aliphatic heterocycles. The van der Waals surface area contributed by atoms with Crippen LogP contribution >= 0.6 is 0 Å². The van der Waals surface area contributed by atoms with Gasteiger partial charge in [0.1, 0.15) is 0 Å². The fraction of sp³-hybridized carbons (Fsp3) is 1.00. The minimum absolute atomic E-state index is 0.862. The fourth-order valence-corrected chi connectivity index (χ4v) is 3.21. The van der Waals surface area contributed by atoms with E-state index in [0.717, 1.165) is 11.3 Å². The molecule has 2 rings (SSSR count). The topological polar surface area (TPSA) is 40.5 Å². The number of fused-ring (bicyclic) bond motifs is 2. The highest BCUT2D eigenvalue weighted by Gasteiger charge is 2.43. The van der Waals surface area contributed by atoms with Gasteiger partial charge in [-0.15, -0.1) is 0 Å². The minimum atomic E-state index is 0.862. The van der Waals surface area contributed by atoms with Crippen molar-refractivity contribution < 1.29 is 10.5 Å². The average molecular weight is 186 g/mol. The molecule has 0 radical (unpaired) electrons. The molecule has 0 spiro atoms. The van der Waals surface area contributed by atoms with E-state index in [1.165, 1.54) is 12.8 Å². The third kappa shape index (κ3) is 2.44. The van der Waals surface area contributed by atoms with Crippen LogP contribution in [0.3, 0.4) is 0 Å². The Labute approximate surface area is 80.9 Å². The van der Waals surface area contributed by atoms with Crippen LogP contribution in [0.15, 0.2) is 0 Å². The molecule has 0 aromatic carbocycles. The summed E-state index contributed by atoms with van der Waals surface area (Å²) in [7, 11) is 0. The first kappa shape index (κ1) is 11.0. The van der Waals surface area contributed by atoms with Gasteiger partial charge in [-0.2, -0.15) is 0 Å². The summed E-state index contributed by atoms with van der Waals surface area (Å²) in [6, 6.07) is 0. The molecule has 0 saturated heterocycles. The van der Waals surface area contributed by atoms with Crippen LogP contribution in [0.25, 0.3) is 0 Å². The van der Waals surface area contributed by atoms with Crippen molar-refractivity contribution in [3.8, 4) is 0 Å². The normalized spacial score (nSPS) is 35.8. The van der Waals surface area contributed by atoms with Crippen LogP contribution in [0.5, 0.6) is 0 Å². The van der Waals surface area contributed by atoms with Gasteiger partial charge in [0.25, 0.3) is 0 Å². The summed E-state index contributed by atoms with van der Waals surface area (Å²) in [5, 5.41) is 12.0. The Morgan fingerprint density at radius 2 is 1.85 bits per heavy atom. The van der Waals surface area contributed by atoms with Crippen molar-refractivity contribution in [2.75, 3.05) is 0 Å². The van der Waals surface area contributed by atoms with E-state index in [1.807, 2.05) is 0 Å². The monoisotopic (exact) mass is 186 g/mol. The smallest absolute Gasteiger partial charge is 0.0295 e. The molecule has 2 N–H and O–H groups in total. The van der Waals surface area contributed by atoms with E-state index >= 15 is 0 Å². The SMILES string of the molecule is CCCCC12CCC(CC1)C2.OO. The molecule has 13 heavy (non-hydrogen) atoms. The molecular weight excluding hydrogens is 164 g/mol. The summed E-state index contributed by atoms with van der Waals surface area (Å²) in [4.78, 5) is 0. The van der Waals surface area contributed by atoms with Crippen molar-refractivity contribution in [1.82, 2.24) is 0 Å². The third-order valence-corrected chi connectivity index (χ3v) is 3.95. The van der Waals surface area contributed by atoms with Crippen LogP contribution < -0.4 is 0 Å². The predicted octanol–water partition coefficient (Wildman–Crippen LogP) is 3.77. The second-order valence-corrected chi connectivity index (χ2v) is 4.75. The number of hydrogen-bond acceptors (Lipinski definition) is 2. The van der Waals surface area contributed by atoms with E-state index in [-0.39, 0.29) is 0 Å². The molecule has 0 atom stereocenters. The average Bonchev–Trinajstić information content (AvgIpc) is 2.78. The Morgan fingerprint density at radius 3 is 2.23 bits per heavy atom. The Hall–Kier alpha value is -0.0800. The first-order valence-electron chi connectivity index (χ1n) is 5.55. The number of hydrogen-bond donors (Lipinski definition) is 2. The molecule has 78 valence electrons. The van der Waals surface area contributed by atoms with E-state index in [9.17, 15) is 0 Å². The summed E-state index contributed by atoms with van der Waals surface area (Å²) in [6.07, 6.45) is 12.3. The quantitative estimate of drug-likeness (QED) is 0.520. The van der Waals surface area contributed by atoms with Gasteiger partial charge in [0.05, 0.1) is 0 Å². The van der Waals surface area contributed by atoms with E-state index in [1.54, 1.807) is 38.5 Å². The van der Waals surface area contributed by atoms with Gasteiger partial charge in [-0.3, -0.25) is 10.5 Å². The van der Waals surface area contributed by atoms with Crippen molar-refractivity contribution in [2.24, 2.45) is 11.3 Å². The first-order chi connectivity index (χ1) is 6.35. The van der Waals surface area contributed by atoms with Crippen molar-refractivity contribution in [3.63, 3.8) is 0 Å². The lowest BCUT2D eigenvalue weighted by atomic mass is 9.80. The Bertz CT molecular complexity index is 137. The zero-order valence-electron chi connectivity index (χ0n) is 8.63. The van der Waals surface area contributed by atoms with E-state index < -0.39 is 0 Å². The van der Waals surface area contributed by atoms with Gasteiger partial charge in [0, 0.05) is 0 Å². The zero-order chi connectivity index (χ0) is 9.73. The molecule has 2 heteroatoms. The van der Waals surface area contributed by atoms with Crippen molar-refractivity contribution in [1.29, 1.82) is 0 Å². The maximum Gasteiger partial charge on any atom is -0.0295 e. The van der Waals surface area contributed by atoms with Gasteiger partial charge in [-0.1, -0.05) is 19.8 Å². The molecular formula is C11H22O2. The summed E-state index contributed by atoms with van der Waals surface area (Å²) in [5.74, 6) is 1.15. The first-order valence-corrected chi connectivity index (χ1v) is 5.55. The van der Waals surface area contributed by atoms with Gasteiger partial charge in [0.15, 0.2) is 0 Å². The number of rotatable bonds is 3. The van der Waals surface area contributed by atoms with Crippen LogP contribution in [0, 0.1) is 11.3 Å². The van der Waals surface area contributed by atoms with E-state index in [2.05, 4.69) is 6.92 Å². The van der Waals surface area contributed by atoms with Gasteiger partial charge in [-0.05, 0) is 49.9 Å². The highest BCUT2D eigenvalue weighted by molar-refractivity contribution is 4.95. The Morgan fingerprint density at radius 1 is 1.23 bits per heavy atom. The lowest BCUT2D eigenvalue weighted by molar-refractivity contribution is -0.176. The Balaban J connectivity index is 0.000000396. The molecule has 2 bridgehead atoms. The van der Waals surface area contributed by atoms with Crippen LogP contribution in [0.4, 0.5) is 0 Å². The molecule has 2 fully saturated rings. The van der Waals surface area contributed by atoms with E-state index in [4.69, 9.17) is 10.5 Å². The van der Waals surface area contributed by atoms with Crippen LogP contribution in [0.1, 0.15) is 58.3 Å². The molecule has 0 aromatic rings. The minimum Gasteiger partial charge on any atom is -0.255 e. The molecule has 2 nitrogen and oxygen atoms in total. The van der Waals surface area contributed by atoms with E-state index in [0.29, 0.717) is 0 Å². The van der Waals surface area contributed by atoms with Crippen molar-refractivity contribution in [3.05, 3.63) is 0 Å². The molecule has 0 amide bonds. The largest absolute Gasteiger partial charge is 0.255 e. The summed E-state index contributed by atoms with van der Waals surface area (Å²) in [5.41, 5.74) is 0.862. The molecule has 2 aliphatic rings. The lowest BCUT2D eigenvalue weighted by Gasteiger charge is -2.25. The second-order valence-electron chi connectivity index (χ2n) is 4.75. The van der Waals surface area contributed by atoms with Gasteiger partial charge < -0.3 is 0 Å². The molecule has 0 heterocycles. The Kier molecular flexibility index (Phi) is 4.20. The second kappa shape index (κ2) is 4.97. The standard InChI is InChI=1S/C11H20.H2O2/c1-2-3-6-11-7-4-10(9-11)5-8-11;1-2/h10H,2-9H2,1H3;1-2H. The van der Waals surface area contributed by atoms with Crippen molar-refractivity contribution in [2.45, 2.75) is 58.3 Å². The fourth-order valence-electron chi connectivity index (χ4n) is 3.21. The third-order valence-electron chi connectivity index (χ3n) is 3.95. The molecule has 2 aliphatic carbocycles. The summed E-state index contributed by atoms with van der Waals surface area (Å²) < 4.78 is 0. The van der Waals surface area contributed by atoms with Crippen molar-refractivity contribution >= 4 is 0 Å². The summed E-state index contributed by atoms with van der Waals surface area (Å²) >= 11 is 0. The maximum absolute atomic E-state index is 6.00. The van der Waals surface area contributed by atoms with Crippen LogP contribution in [-0.2, 0) is 0 Å². The highest BCUT2D eigenvalue weighted by Crippen LogP contribution is 2.56. The molecule has 0 unspecified atom stereocenters. The summed E-state index contributed by atoms with van der Waals surface area (Å²) in [6.45, 7) is 2.32. The van der Waals surface area contributed by atoms with Gasteiger partial charge in [-0.25, -0.2) is 0 Å². The molecule has 0 aromatic heterocycles. The lowest BCUT2D eigenvalue weighted by Crippen LogP contribution is -2.13. The highest BCUT2D eigenvalue weighted by atomic mass is 17.0. The van der Waals surface area contributed by atoms with Crippen LogP contribution in [0.2, 0.25) is 0 Å². The zero-order valence-corrected chi connectivity index (χ0v) is 8.63. The van der Waals surface area contributed by atoms with Gasteiger partial charge in [0.2, 0.25) is 0 Å². The maximum atomic E-state index is 6.00.